The van der Waals surface area contributed by atoms with Crippen LogP contribution in [0.1, 0.15) is 30.5 Å². The van der Waals surface area contributed by atoms with Crippen LogP contribution >= 0.6 is 0 Å². The Kier molecular flexibility index (Phi) is 8.26. The van der Waals surface area contributed by atoms with E-state index in [1.807, 2.05) is 56.4 Å². The molecule has 0 N–H and O–H groups in total. The molecule has 6 heteroatoms. The number of carbonyl (C=O) groups excluding carboxylic acids is 2. The van der Waals surface area contributed by atoms with Gasteiger partial charge in [0.15, 0.2) is 6.19 Å². The number of hydrogen-bond acceptors (Lipinski definition) is 4. The molecule has 0 spiro atoms. The summed E-state index contributed by atoms with van der Waals surface area (Å²) in [5.74, 6) is -0.377. The van der Waals surface area contributed by atoms with Crippen molar-refractivity contribution in [3.8, 4) is 6.19 Å². The van der Waals surface area contributed by atoms with Crippen LogP contribution in [0.4, 0.5) is 0 Å². The van der Waals surface area contributed by atoms with E-state index in [0.717, 1.165) is 35.7 Å². The van der Waals surface area contributed by atoms with Gasteiger partial charge in [0.25, 0.3) is 0 Å². The van der Waals surface area contributed by atoms with Crippen molar-refractivity contribution in [2.45, 2.75) is 33.2 Å². The first-order chi connectivity index (χ1) is 15.9. The fourth-order valence-electron chi connectivity index (χ4n) is 4.06. The van der Waals surface area contributed by atoms with Gasteiger partial charge in [-0.25, -0.2) is 4.90 Å². The number of nitriles is 1. The molecule has 2 aromatic carbocycles. The maximum absolute atomic E-state index is 13.1. The van der Waals surface area contributed by atoms with Crippen molar-refractivity contribution >= 4 is 11.8 Å². The lowest BCUT2D eigenvalue weighted by atomic mass is 9.99. The van der Waals surface area contributed by atoms with Crippen molar-refractivity contribution in [3.05, 3.63) is 83.6 Å². The third-order valence-corrected chi connectivity index (χ3v) is 5.80. The first-order valence-electron chi connectivity index (χ1n) is 11.4. The van der Waals surface area contributed by atoms with Crippen LogP contribution in [0.2, 0.25) is 0 Å². The van der Waals surface area contributed by atoms with E-state index in [1.54, 1.807) is 4.90 Å². The highest BCUT2D eigenvalue weighted by Gasteiger charge is 2.25. The molecule has 6 nitrogen and oxygen atoms in total. The molecule has 0 saturated heterocycles. The SMILES string of the molecule is C=C(CN(CC(C)C)C(=O)CN(C#N)C(=O)Cc1ccccc1)N1CCc2ccccc2C1. The monoisotopic (exact) mass is 444 g/mol. The van der Waals surface area contributed by atoms with Crippen LogP contribution in [0.3, 0.4) is 0 Å². The fourth-order valence-corrected chi connectivity index (χ4v) is 4.06. The third kappa shape index (κ3) is 6.69. The van der Waals surface area contributed by atoms with Gasteiger partial charge >= 0.3 is 0 Å². The highest BCUT2D eigenvalue weighted by atomic mass is 16.2. The Morgan fingerprint density at radius 2 is 1.70 bits per heavy atom. The van der Waals surface area contributed by atoms with Gasteiger partial charge in [0.1, 0.15) is 6.54 Å². The molecule has 1 heterocycles. The van der Waals surface area contributed by atoms with E-state index in [2.05, 4.69) is 29.7 Å². The highest BCUT2D eigenvalue weighted by molar-refractivity contribution is 5.87. The Labute approximate surface area is 196 Å². The summed E-state index contributed by atoms with van der Waals surface area (Å²) in [6.07, 6.45) is 2.93. The molecule has 0 bridgehead atoms. The third-order valence-electron chi connectivity index (χ3n) is 5.80. The average Bonchev–Trinajstić information content (AvgIpc) is 2.81. The standard InChI is InChI=1S/C27H32N4O2/c1-21(2)16-30(17-22(3)29-14-13-24-11-7-8-12-25(24)18-29)27(33)19-31(20-28)26(32)15-23-9-5-4-6-10-23/h4-12,21H,3,13-19H2,1-2H3. The van der Waals surface area contributed by atoms with E-state index >= 15 is 0 Å². The van der Waals surface area contributed by atoms with Crippen molar-refractivity contribution in [3.63, 3.8) is 0 Å². The molecule has 0 aromatic heterocycles. The van der Waals surface area contributed by atoms with Crippen LogP contribution in [-0.2, 0) is 29.0 Å². The zero-order valence-electron chi connectivity index (χ0n) is 19.5. The molecule has 0 aliphatic carbocycles. The normalized spacial score (nSPS) is 12.6. The highest BCUT2D eigenvalue weighted by Crippen LogP contribution is 2.22. The first kappa shape index (κ1) is 24.1. The maximum atomic E-state index is 13.1. The van der Waals surface area contributed by atoms with Crippen molar-refractivity contribution in [2.75, 3.05) is 26.2 Å². The molecule has 1 aliphatic heterocycles. The molecule has 0 radical (unpaired) electrons. The number of fused-ring (bicyclic) bond motifs is 1. The van der Waals surface area contributed by atoms with Crippen LogP contribution in [0.5, 0.6) is 0 Å². The predicted octanol–water partition coefficient (Wildman–Crippen LogP) is 3.60. The summed E-state index contributed by atoms with van der Waals surface area (Å²) >= 11 is 0. The zero-order valence-corrected chi connectivity index (χ0v) is 19.5. The predicted molar refractivity (Wildman–Crippen MR) is 129 cm³/mol. The first-order valence-corrected chi connectivity index (χ1v) is 11.4. The molecular weight excluding hydrogens is 412 g/mol. The lowest BCUT2D eigenvalue weighted by Crippen LogP contribution is -2.45. The molecule has 172 valence electrons. The number of nitrogens with zero attached hydrogens (tertiary/aromatic N) is 4. The van der Waals surface area contributed by atoms with Crippen molar-refractivity contribution in [1.82, 2.24) is 14.7 Å². The minimum Gasteiger partial charge on any atom is -0.369 e. The number of benzene rings is 2. The summed E-state index contributed by atoms with van der Waals surface area (Å²) in [5.41, 5.74) is 4.33. The second-order valence-electron chi connectivity index (χ2n) is 8.92. The Morgan fingerprint density at radius 3 is 2.36 bits per heavy atom. The van der Waals surface area contributed by atoms with Crippen molar-refractivity contribution < 1.29 is 9.59 Å². The van der Waals surface area contributed by atoms with E-state index in [0.29, 0.717) is 13.1 Å². The van der Waals surface area contributed by atoms with Crippen LogP contribution in [0.15, 0.2) is 66.9 Å². The van der Waals surface area contributed by atoms with Gasteiger partial charge in [0.05, 0.1) is 13.0 Å². The Morgan fingerprint density at radius 1 is 1.03 bits per heavy atom. The number of amides is 2. The molecule has 3 rings (SSSR count). The van der Waals surface area contributed by atoms with Crippen LogP contribution in [0.25, 0.3) is 0 Å². The van der Waals surface area contributed by atoms with E-state index in [4.69, 9.17) is 0 Å². The molecule has 0 atom stereocenters. The topological polar surface area (TPSA) is 67.6 Å². The van der Waals surface area contributed by atoms with Crippen molar-refractivity contribution in [2.24, 2.45) is 5.92 Å². The quantitative estimate of drug-likeness (QED) is 0.438. The second-order valence-corrected chi connectivity index (χ2v) is 8.92. The van der Waals surface area contributed by atoms with Gasteiger partial charge in [-0.2, -0.15) is 5.26 Å². The van der Waals surface area contributed by atoms with E-state index in [-0.39, 0.29) is 30.7 Å². The summed E-state index contributed by atoms with van der Waals surface area (Å²) in [6.45, 7) is 10.6. The van der Waals surface area contributed by atoms with E-state index < -0.39 is 0 Å². The van der Waals surface area contributed by atoms with Gasteiger partial charge < -0.3 is 9.80 Å². The Bertz CT molecular complexity index is 1030. The smallest absolute Gasteiger partial charge is 0.243 e. The number of hydrogen-bond donors (Lipinski definition) is 0. The summed E-state index contributed by atoms with van der Waals surface area (Å²) in [6, 6.07) is 17.6. The average molecular weight is 445 g/mol. The van der Waals surface area contributed by atoms with Crippen LogP contribution < -0.4 is 0 Å². The second kappa shape index (κ2) is 11.3. The summed E-state index contributed by atoms with van der Waals surface area (Å²) < 4.78 is 0. The number of carbonyl (C=O) groups is 2. The summed E-state index contributed by atoms with van der Waals surface area (Å²) in [7, 11) is 0. The lowest BCUT2D eigenvalue weighted by molar-refractivity contribution is -0.137. The number of rotatable bonds is 9. The van der Waals surface area contributed by atoms with Gasteiger partial charge in [-0.3, -0.25) is 9.59 Å². The summed E-state index contributed by atoms with van der Waals surface area (Å²) in [4.78, 5) is 30.7. The molecular formula is C27H32N4O2. The lowest BCUT2D eigenvalue weighted by Gasteiger charge is -2.35. The Hall–Kier alpha value is -3.59. The van der Waals surface area contributed by atoms with E-state index in [1.165, 1.54) is 11.1 Å². The largest absolute Gasteiger partial charge is 0.369 e. The van der Waals surface area contributed by atoms with E-state index in [9.17, 15) is 14.9 Å². The van der Waals surface area contributed by atoms with Gasteiger partial charge in [-0.1, -0.05) is 75.0 Å². The van der Waals surface area contributed by atoms with Gasteiger partial charge in [0, 0.05) is 25.3 Å². The molecule has 1 aliphatic rings. The molecule has 2 amide bonds. The maximum Gasteiger partial charge on any atom is 0.243 e. The van der Waals surface area contributed by atoms with Gasteiger partial charge in [-0.15, -0.1) is 0 Å². The molecule has 2 aromatic rings. The minimum atomic E-state index is -0.381. The fraction of sp³-hybridized carbons (Fsp3) is 0.370. The zero-order chi connectivity index (χ0) is 23.8. The summed E-state index contributed by atoms with van der Waals surface area (Å²) in [5, 5.41) is 9.52. The van der Waals surface area contributed by atoms with Crippen molar-refractivity contribution in [1.29, 1.82) is 5.26 Å². The molecule has 0 fully saturated rings. The Balaban J connectivity index is 1.63. The molecule has 33 heavy (non-hydrogen) atoms. The van der Waals surface area contributed by atoms with Crippen LogP contribution in [0, 0.1) is 17.4 Å². The minimum absolute atomic E-state index is 0.0890. The molecule has 0 saturated carbocycles. The van der Waals surface area contributed by atoms with Gasteiger partial charge in [0.2, 0.25) is 11.8 Å². The van der Waals surface area contributed by atoms with Gasteiger partial charge in [-0.05, 0) is 29.0 Å². The van der Waals surface area contributed by atoms with Crippen LogP contribution in [-0.4, -0.2) is 52.7 Å². The molecule has 0 unspecified atom stereocenters.